The molecular formula is C12H15NO6S. The van der Waals surface area contributed by atoms with E-state index in [1.807, 2.05) is 0 Å². The molecule has 0 spiro atoms. The highest BCUT2D eigenvalue weighted by atomic mass is 32.2. The minimum absolute atomic E-state index is 0.126. The highest BCUT2D eigenvalue weighted by Gasteiger charge is 2.38. The average molecular weight is 301 g/mol. The van der Waals surface area contributed by atoms with E-state index in [0.717, 1.165) is 10.4 Å². The van der Waals surface area contributed by atoms with Crippen LogP contribution in [-0.2, 0) is 10.0 Å². The lowest BCUT2D eigenvalue weighted by Crippen LogP contribution is -2.30. The second-order valence-corrected chi connectivity index (χ2v) is 6.65. The molecule has 0 bridgehead atoms. The molecule has 8 heteroatoms. The van der Waals surface area contributed by atoms with E-state index in [1.165, 1.54) is 12.1 Å². The molecule has 20 heavy (non-hydrogen) atoms. The number of β-amino-alcohol motifs (C(OH)–C–C–N with tert-alkyl or cyclic N) is 2. The van der Waals surface area contributed by atoms with Crippen molar-refractivity contribution in [3.8, 4) is 0 Å². The Labute approximate surface area is 116 Å². The van der Waals surface area contributed by atoms with Crippen molar-refractivity contribution < 1.29 is 28.5 Å². The molecule has 3 N–H and O–H groups in total. The van der Waals surface area contributed by atoms with Gasteiger partial charge < -0.3 is 15.3 Å². The summed E-state index contributed by atoms with van der Waals surface area (Å²) >= 11 is 0. The van der Waals surface area contributed by atoms with Gasteiger partial charge in [0, 0.05) is 13.1 Å². The lowest BCUT2D eigenvalue weighted by molar-refractivity contribution is 0.0572. The number of carbonyl (C=O) groups is 1. The fourth-order valence-electron chi connectivity index (χ4n) is 2.08. The number of aryl methyl sites for hydroxylation is 1. The molecule has 1 heterocycles. The van der Waals surface area contributed by atoms with Crippen LogP contribution >= 0.6 is 0 Å². The molecule has 0 saturated carbocycles. The second kappa shape index (κ2) is 5.13. The summed E-state index contributed by atoms with van der Waals surface area (Å²) in [6, 6.07) is 3.83. The van der Waals surface area contributed by atoms with Gasteiger partial charge in [-0.15, -0.1) is 0 Å². The van der Waals surface area contributed by atoms with E-state index in [9.17, 15) is 23.4 Å². The minimum atomic E-state index is -3.94. The zero-order valence-corrected chi connectivity index (χ0v) is 11.5. The van der Waals surface area contributed by atoms with Gasteiger partial charge in [-0.2, -0.15) is 4.31 Å². The molecule has 110 valence electrons. The fraction of sp³-hybridized carbons (Fsp3) is 0.417. The largest absolute Gasteiger partial charge is 0.478 e. The predicted octanol–water partition coefficient (Wildman–Crippen LogP) is -0.581. The maximum Gasteiger partial charge on any atom is 0.335 e. The molecule has 0 radical (unpaired) electrons. The molecule has 1 saturated heterocycles. The molecule has 0 unspecified atom stereocenters. The molecule has 0 aromatic heterocycles. The summed E-state index contributed by atoms with van der Waals surface area (Å²) in [6.45, 7) is 1.14. The summed E-state index contributed by atoms with van der Waals surface area (Å²) in [4.78, 5) is 10.8. The molecular weight excluding hydrogens is 286 g/mol. The van der Waals surface area contributed by atoms with E-state index in [1.54, 1.807) is 6.92 Å². The smallest absolute Gasteiger partial charge is 0.335 e. The van der Waals surface area contributed by atoms with Crippen LogP contribution in [0.3, 0.4) is 0 Å². The first-order valence-electron chi connectivity index (χ1n) is 5.93. The average Bonchev–Trinajstić information content (AvgIpc) is 2.70. The van der Waals surface area contributed by atoms with Crippen molar-refractivity contribution in [2.45, 2.75) is 24.0 Å². The molecule has 2 atom stereocenters. The Morgan fingerprint density at radius 3 is 2.30 bits per heavy atom. The van der Waals surface area contributed by atoms with Gasteiger partial charge in [-0.1, -0.05) is 6.07 Å². The number of carboxylic acid groups (broad SMARTS) is 1. The number of rotatable bonds is 3. The number of aromatic carboxylic acids is 1. The van der Waals surface area contributed by atoms with Crippen LogP contribution in [0.5, 0.6) is 0 Å². The summed E-state index contributed by atoms with van der Waals surface area (Å²) in [6.07, 6.45) is -2.26. The highest BCUT2D eigenvalue weighted by Crippen LogP contribution is 2.25. The lowest BCUT2D eigenvalue weighted by Gasteiger charge is -2.17. The van der Waals surface area contributed by atoms with Gasteiger partial charge in [0.05, 0.1) is 22.7 Å². The number of aliphatic hydroxyl groups excluding tert-OH is 2. The Balaban J connectivity index is 2.44. The van der Waals surface area contributed by atoms with E-state index < -0.39 is 28.2 Å². The third-order valence-electron chi connectivity index (χ3n) is 3.28. The van der Waals surface area contributed by atoms with Gasteiger partial charge in [0.15, 0.2) is 0 Å². The summed E-state index contributed by atoms with van der Waals surface area (Å²) in [5.41, 5.74) is 0.278. The van der Waals surface area contributed by atoms with Gasteiger partial charge >= 0.3 is 5.97 Å². The molecule has 7 nitrogen and oxygen atoms in total. The van der Waals surface area contributed by atoms with Crippen LogP contribution in [0.1, 0.15) is 15.9 Å². The molecule has 1 aromatic rings. The molecule has 1 aromatic carbocycles. The van der Waals surface area contributed by atoms with Crippen LogP contribution in [0.4, 0.5) is 0 Å². The van der Waals surface area contributed by atoms with Crippen LogP contribution in [0, 0.1) is 6.92 Å². The Bertz CT molecular complexity index is 631. The molecule has 1 fully saturated rings. The minimum Gasteiger partial charge on any atom is -0.478 e. The van der Waals surface area contributed by atoms with Crippen molar-refractivity contribution >= 4 is 16.0 Å². The fourth-order valence-corrected chi connectivity index (χ4v) is 3.81. The van der Waals surface area contributed by atoms with Crippen LogP contribution < -0.4 is 0 Å². The third kappa shape index (κ3) is 2.55. The quantitative estimate of drug-likeness (QED) is 0.688. The molecule has 0 aliphatic carbocycles. The Morgan fingerprint density at radius 2 is 1.80 bits per heavy atom. The number of hydrogen-bond donors (Lipinski definition) is 3. The first-order chi connectivity index (χ1) is 9.23. The summed E-state index contributed by atoms with van der Waals surface area (Å²) < 4.78 is 25.8. The van der Waals surface area contributed by atoms with Gasteiger partial charge in [0.2, 0.25) is 10.0 Å². The van der Waals surface area contributed by atoms with Crippen LogP contribution in [0.15, 0.2) is 23.1 Å². The Kier molecular flexibility index (Phi) is 3.83. The van der Waals surface area contributed by atoms with E-state index >= 15 is 0 Å². The van der Waals surface area contributed by atoms with Crippen LogP contribution in [0.2, 0.25) is 0 Å². The third-order valence-corrected chi connectivity index (χ3v) is 5.25. The predicted molar refractivity (Wildman–Crippen MR) is 68.9 cm³/mol. The number of aliphatic hydroxyl groups is 2. The highest BCUT2D eigenvalue weighted by molar-refractivity contribution is 7.89. The molecule has 0 amide bonds. The van der Waals surface area contributed by atoms with E-state index in [2.05, 4.69) is 0 Å². The maximum atomic E-state index is 12.4. The van der Waals surface area contributed by atoms with Crippen molar-refractivity contribution in [3.05, 3.63) is 29.3 Å². The van der Waals surface area contributed by atoms with Gasteiger partial charge in [0.1, 0.15) is 0 Å². The van der Waals surface area contributed by atoms with Gasteiger partial charge in [0.25, 0.3) is 0 Å². The van der Waals surface area contributed by atoms with Crippen molar-refractivity contribution in [2.24, 2.45) is 0 Å². The zero-order valence-electron chi connectivity index (χ0n) is 10.7. The van der Waals surface area contributed by atoms with Crippen LogP contribution in [0.25, 0.3) is 0 Å². The monoisotopic (exact) mass is 301 g/mol. The standard InChI is InChI=1S/C12H15NO6S/c1-7-2-3-8(12(16)17)4-11(7)20(18,19)13-5-9(14)10(15)6-13/h2-4,9-10,14-15H,5-6H2,1H3,(H,16,17)/t9-,10+. The van der Waals surface area contributed by atoms with E-state index in [0.29, 0.717) is 5.56 Å². The lowest BCUT2D eigenvalue weighted by atomic mass is 10.1. The Morgan fingerprint density at radius 1 is 1.25 bits per heavy atom. The second-order valence-electron chi connectivity index (χ2n) is 4.74. The maximum absolute atomic E-state index is 12.4. The molecule has 1 aliphatic heterocycles. The van der Waals surface area contributed by atoms with Crippen molar-refractivity contribution in [1.29, 1.82) is 0 Å². The first kappa shape index (κ1) is 14.9. The summed E-state index contributed by atoms with van der Waals surface area (Å²) in [5, 5.41) is 27.8. The summed E-state index contributed by atoms with van der Waals surface area (Å²) in [7, 11) is -3.94. The van der Waals surface area contributed by atoms with Crippen molar-refractivity contribution in [1.82, 2.24) is 4.31 Å². The van der Waals surface area contributed by atoms with Gasteiger partial charge in [-0.25, -0.2) is 13.2 Å². The number of hydrogen-bond acceptors (Lipinski definition) is 5. The van der Waals surface area contributed by atoms with Crippen molar-refractivity contribution in [3.63, 3.8) is 0 Å². The van der Waals surface area contributed by atoms with E-state index in [4.69, 9.17) is 5.11 Å². The SMILES string of the molecule is Cc1ccc(C(=O)O)cc1S(=O)(=O)N1C[C@@H](O)[C@@H](O)C1. The summed E-state index contributed by atoms with van der Waals surface area (Å²) in [5.74, 6) is -1.22. The topological polar surface area (TPSA) is 115 Å². The van der Waals surface area contributed by atoms with Crippen LogP contribution in [-0.4, -0.2) is 59.3 Å². The first-order valence-corrected chi connectivity index (χ1v) is 7.37. The molecule has 2 rings (SSSR count). The van der Waals surface area contributed by atoms with E-state index in [-0.39, 0.29) is 23.5 Å². The number of benzene rings is 1. The van der Waals surface area contributed by atoms with Gasteiger partial charge in [-0.3, -0.25) is 0 Å². The number of sulfonamides is 1. The zero-order chi connectivity index (χ0) is 15.1. The molecule has 1 aliphatic rings. The number of nitrogens with zero attached hydrogens (tertiary/aromatic N) is 1. The van der Waals surface area contributed by atoms with Crippen molar-refractivity contribution in [2.75, 3.05) is 13.1 Å². The Hall–Kier alpha value is -1.48. The normalized spacial score (nSPS) is 23.9. The number of carboxylic acids is 1. The van der Waals surface area contributed by atoms with Gasteiger partial charge in [-0.05, 0) is 24.6 Å².